The Labute approximate surface area is 105 Å². The summed E-state index contributed by atoms with van der Waals surface area (Å²) in [6.07, 6.45) is 11.4. The Morgan fingerprint density at radius 2 is 1.94 bits per heavy atom. The molecular weight excluding hydrogens is 216 g/mol. The van der Waals surface area contributed by atoms with Gasteiger partial charge >= 0.3 is 0 Å². The second-order valence-electron chi connectivity index (χ2n) is 5.01. The summed E-state index contributed by atoms with van der Waals surface area (Å²) in [4.78, 5) is 11.5. The van der Waals surface area contributed by atoms with Crippen molar-refractivity contribution in [1.29, 1.82) is 0 Å². The first-order valence-corrected chi connectivity index (χ1v) is 8.08. The molecule has 0 aromatic rings. The van der Waals surface area contributed by atoms with Gasteiger partial charge in [0.2, 0.25) is 0 Å². The fourth-order valence-electron chi connectivity index (χ4n) is 2.34. The molecule has 0 unspecified atom stereocenters. The molecule has 1 rings (SSSR count). The third-order valence-corrected chi connectivity index (χ3v) is 4.63. The lowest BCUT2D eigenvalue weighted by Gasteiger charge is -2.20. The number of Topliss-reactive ketones (excluding diaryl/α,β-unsaturated/α-hetero) is 1. The monoisotopic (exact) mass is 242 g/mol. The minimum atomic E-state index is 0.467. The Hall–Kier alpha value is 0.0200. The van der Waals surface area contributed by atoms with Gasteiger partial charge in [0.25, 0.3) is 0 Å². The van der Waals surface area contributed by atoms with Crippen molar-refractivity contribution in [3.63, 3.8) is 0 Å². The molecule has 0 amide bonds. The van der Waals surface area contributed by atoms with E-state index in [4.69, 9.17) is 0 Å². The van der Waals surface area contributed by atoms with Crippen LogP contribution in [0.5, 0.6) is 0 Å². The summed E-state index contributed by atoms with van der Waals surface area (Å²) in [5.74, 6) is 3.36. The first-order chi connectivity index (χ1) is 7.83. The minimum absolute atomic E-state index is 0.467. The van der Waals surface area contributed by atoms with Crippen molar-refractivity contribution >= 4 is 17.5 Å². The Kier molecular flexibility index (Phi) is 8.00. The van der Waals surface area contributed by atoms with Crippen molar-refractivity contribution in [2.45, 2.75) is 64.7 Å². The molecular formula is C14H26OS. The average Bonchev–Trinajstić information content (AvgIpc) is 2.31. The first-order valence-electron chi connectivity index (χ1n) is 6.92. The molecule has 0 saturated heterocycles. The van der Waals surface area contributed by atoms with Crippen molar-refractivity contribution in [1.82, 2.24) is 0 Å². The topological polar surface area (TPSA) is 17.1 Å². The maximum Gasteiger partial charge on any atom is 0.142 e. The summed E-state index contributed by atoms with van der Waals surface area (Å²) < 4.78 is 0. The summed E-state index contributed by atoms with van der Waals surface area (Å²) in [5, 5.41) is 0. The molecule has 1 aliphatic carbocycles. The van der Waals surface area contributed by atoms with Gasteiger partial charge < -0.3 is 0 Å². The highest BCUT2D eigenvalue weighted by Gasteiger charge is 2.13. The number of carbonyl (C=O) groups is 1. The molecule has 1 fully saturated rings. The molecule has 2 heteroatoms. The number of hydrogen-bond donors (Lipinski definition) is 0. The van der Waals surface area contributed by atoms with Crippen LogP contribution in [0, 0.1) is 5.92 Å². The molecule has 0 heterocycles. The van der Waals surface area contributed by atoms with E-state index in [-0.39, 0.29) is 0 Å². The van der Waals surface area contributed by atoms with Gasteiger partial charge in [-0.1, -0.05) is 39.0 Å². The lowest BCUT2D eigenvalue weighted by atomic mass is 9.91. The van der Waals surface area contributed by atoms with E-state index in [0.29, 0.717) is 5.78 Å². The Morgan fingerprint density at radius 1 is 1.19 bits per heavy atom. The van der Waals surface area contributed by atoms with Gasteiger partial charge in [-0.05, 0) is 30.9 Å². The third kappa shape index (κ3) is 6.57. The minimum Gasteiger partial charge on any atom is -0.299 e. The van der Waals surface area contributed by atoms with Gasteiger partial charge in [0.05, 0.1) is 5.75 Å². The number of thioether (sulfide) groups is 1. The Morgan fingerprint density at radius 3 is 2.62 bits per heavy atom. The van der Waals surface area contributed by atoms with E-state index in [1.807, 2.05) is 11.8 Å². The fourth-order valence-corrected chi connectivity index (χ4v) is 3.49. The van der Waals surface area contributed by atoms with Gasteiger partial charge in [-0.2, -0.15) is 11.8 Å². The van der Waals surface area contributed by atoms with E-state index in [2.05, 4.69) is 6.92 Å². The van der Waals surface area contributed by atoms with E-state index in [9.17, 15) is 4.79 Å². The van der Waals surface area contributed by atoms with Gasteiger partial charge in [0.1, 0.15) is 5.78 Å². The molecule has 1 saturated carbocycles. The lowest BCUT2D eigenvalue weighted by Crippen LogP contribution is -2.10. The van der Waals surface area contributed by atoms with Crippen molar-refractivity contribution in [3.8, 4) is 0 Å². The number of carbonyl (C=O) groups excluding carboxylic acids is 1. The lowest BCUT2D eigenvalue weighted by molar-refractivity contribution is -0.116. The average molecular weight is 242 g/mol. The number of unbranched alkanes of at least 4 members (excludes halogenated alkanes) is 2. The van der Waals surface area contributed by atoms with Crippen molar-refractivity contribution < 1.29 is 4.79 Å². The molecule has 0 aliphatic heterocycles. The van der Waals surface area contributed by atoms with Crippen molar-refractivity contribution in [2.24, 2.45) is 5.92 Å². The molecule has 16 heavy (non-hydrogen) atoms. The highest BCUT2D eigenvalue weighted by atomic mass is 32.2. The highest BCUT2D eigenvalue weighted by Crippen LogP contribution is 2.26. The second kappa shape index (κ2) is 9.09. The van der Waals surface area contributed by atoms with Crippen LogP contribution in [0.1, 0.15) is 64.7 Å². The summed E-state index contributed by atoms with van der Waals surface area (Å²) in [5.41, 5.74) is 0. The van der Waals surface area contributed by atoms with Crippen LogP contribution in [0.25, 0.3) is 0 Å². The smallest absolute Gasteiger partial charge is 0.142 e. The second-order valence-corrected chi connectivity index (χ2v) is 6.05. The number of hydrogen-bond acceptors (Lipinski definition) is 2. The number of rotatable bonds is 8. The predicted molar refractivity (Wildman–Crippen MR) is 73.0 cm³/mol. The van der Waals surface area contributed by atoms with Crippen molar-refractivity contribution in [2.75, 3.05) is 11.5 Å². The van der Waals surface area contributed by atoms with Crippen LogP contribution in [-0.4, -0.2) is 17.3 Å². The Balaban J connectivity index is 1.94. The third-order valence-electron chi connectivity index (χ3n) is 3.40. The van der Waals surface area contributed by atoms with E-state index < -0.39 is 0 Å². The molecule has 0 atom stereocenters. The number of ketones is 1. The zero-order valence-electron chi connectivity index (χ0n) is 10.7. The molecule has 0 aromatic carbocycles. The SMILES string of the molecule is CCCCCC(=O)CSCC1CCCCC1. The van der Waals surface area contributed by atoms with Crippen molar-refractivity contribution in [3.05, 3.63) is 0 Å². The van der Waals surface area contributed by atoms with Crippen LogP contribution >= 0.6 is 11.8 Å². The van der Waals surface area contributed by atoms with E-state index in [0.717, 1.165) is 24.5 Å². The maximum absolute atomic E-state index is 11.5. The van der Waals surface area contributed by atoms with Crippen LogP contribution in [0.2, 0.25) is 0 Å². The fraction of sp³-hybridized carbons (Fsp3) is 0.929. The molecule has 0 aromatic heterocycles. The highest BCUT2D eigenvalue weighted by molar-refractivity contribution is 7.99. The normalized spacial score (nSPS) is 17.6. The van der Waals surface area contributed by atoms with Crippen LogP contribution in [0.15, 0.2) is 0 Å². The van der Waals surface area contributed by atoms with Crippen LogP contribution in [-0.2, 0) is 4.79 Å². The van der Waals surface area contributed by atoms with Gasteiger partial charge in [0, 0.05) is 6.42 Å². The first kappa shape index (κ1) is 14.1. The molecule has 1 aliphatic rings. The van der Waals surface area contributed by atoms with Gasteiger partial charge in [-0.3, -0.25) is 4.79 Å². The van der Waals surface area contributed by atoms with E-state index in [1.165, 1.54) is 50.7 Å². The largest absolute Gasteiger partial charge is 0.299 e. The van der Waals surface area contributed by atoms with Crippen LogP contribution < -0.4 is 0 Å². The van der Waals surface area contributed by atoms with E-state index >= 15 is 0 Å². The zero-order chi connectivity index (χ0) is 11.6. The molecule has 0 N–H and O–H groups in total. The summed E-state index contributed by atoms with van der Waals surface area (Å²) in [6.45, 7) is 2.18. The van der Waals surface area contributed by atoms with Gasteiger partial charge in [-0.15, -0.1) is 0 Å². The van der Waals surface area contributed by atoms with Crippen LogP contribution in [0.4, 0.5) is 0 Å². The summed E-state index contributed by atoms with van der Waals surface area (Å²) in [6, 6.07) is 0. The molecule has 1 nitrogen and oxygen atoms in total. The summed E-state index contributed by atoms with van der Waals surface area (Å²) in [7, 11) is 0. The molecule has 0 spiro atoms. The van der Waals surface area contributed by atoms with E-state index in [1.54, 1.807) is 0 Å². The molecule has 0 radical (unpaired) electrons. The molecule has 94 valence electrons. The van der Waals surface area contributed by atoms with Crippen LogP contribution in [0.3, 0.4) is 0 Å². The quantitative estimate of drug-likeness (QED) is 0.585. The Bertz CT molecular complexity index is 185. The predicted octanol–water partition coefficient (Wildman–Crippen LogP) is 4.45. The van der Waals surface area contributed by atoms with Gasteiger partial charge in [0.15, 0.2) is 0 Å². The molecule has 0 bridgehead atoms. The zero-order valence-corrected chi connectivity index (χ0v) is 11.5. The summed E-state index contributed by atoms with van der Waals surface area (Å²) >= 11 is 1.88. The standard InChI is InChI=1S/C14H26OS/c1-2-3-5-10-14(15)12-16-11-13-8-6-4-7-9-13/h13H,2-12H2,1H3. The maximum atomic E-state index is 11.5. The van der Waals surface area contributed by atoms with Gasteiger partial charge in [-0.25, -0.2) is 0 Å².